The van der Waals surface area contributed by atoms with Crippen LogP contribution in [0.1, 0.15) is 16.7 Å². The molecule has 2 aromatic heterocycles. The van der Waals surface area contributed by atoms with E-state index >= 15 is 0 Å². The molecule has 0 aliphatic heterocycles. The zero-order valence-electron chi connectivity index (χ0n) is 15.5. The van der Waals surface area contributed by atoms with Gasteiger partial charge in [0.25, 0.3) is 5.56 Å². The summed E-state index contributed by atoms with van der Waals surface area (Å²) >= 11 is 6.16. The van der Waals surface area contributed by atoms with Gasteiger partial charge in [0.05, 0.1) is 18.6 Å². The number of nitrogens with zero attached hydrogens (tertiary/aromatic N) is 3. The lowest BCUT2D eigenvalue weighted by molar-refractivity contribution is 0.478. The number of fused-ring (bicyclic) bond motifs is 1. The standard InChI is InChI=1S/C23H18ClN3O2/c24-18-6-7-19-21(12-18)27(15-17-4-2-1-3-5-17)23(29)20(22(19)28)14-26-13-16-8-10-25-11-9-16/h1-12,14,28H,13,15H2. The lowest BCUT2D eigenvalue weighted by atomic mass is 10.1. The molecule has 4 rings (SSSR count). The molecule has 0 spiro atoms. The first-order chi connectivity index (χ1) is 14.1. The molecule has 5 nitrogen and oxygen atoms in total. The summed E-state index contributed by atoms with van der Waals surface area (Å²) < 4.78 is 1.62. The van der Waals surface area contributed by atoms with Gasteiger partial charge < -0.3 is 9.67 Å². The highest BCUT2D eigenvalue weighted by Gasteiger charge is 2.15. The fraction of sp³-hybridized carbons (Fsp3) is 0.0870. The summed E-state index contributed by atoms with van der Waals surface area (Å²) in [6, 6.07) is 18.5. The van der Waals surface area contributed by atoms with E-state index in [2.05, 4.69) is 9.98 Å². The van der Waals surface area contributed by atoms with Crippen molar-refractivity contribution in [1.29, 1.82) is 0 Å². The van der Waals surface area contributed by atoms with Crippen molar-refractivity contribution < 1.29 is 5.11 Å². The number of hydrogen-bond acceptors (Lipinski definition) is 4. The van der Waals surface area contributed by atoms with E-state index in [9.17, 15) is 9.90 Å². The average Bonchev–Trinajstić information content (AvgIpc) is 2.75. The predicted octanol–water partition coefficient (Wildman–Crippen LogP) is 4.42. The van der Waals surface area contributed by atoms with Crippen molar-refractivity contribution in [3.8, 4) is 5.75 Å². The number of rotatable bonds is 5. The van der Waals surface area contributed by atoms with E-state index in [1.54, 1.807) is 35.2 Å². The smallest absolute Gasteiger partial charge is 0.263 e. The van der Waals surface area contributed by atoms with Crippen molar-refractivity contribution in [3.05, 3.63) is 105 Å². The number of pyridine rings is 2. The Morgan fingerprint density at radius 3 is 2.55 bits per heavy atom. The molecule has 2 aromatic carbocycles. The second-order valence-corrected chi connectivity index (χ2v) is 7.06. The molecule has 0 aliphatic carbocycles. The third-order valence-corrected chi connectivity index (χ3v) is 4.90. The van der Waals surface area contributed by atoms with Gasteiger partial charge >= 0.3 is 0 Å². The van der Waals surface area contributed by atoms with Crippen molar-refractivity contribution in [2.75, 3.05) is 0 Å². The maximum Gasteiger partial charge on any atom is 0.263 e. The maximum atomic E-state index is 13.2. The molecular weight excluding hydrogens is 386 g/mol. The number of benzene rings is 2. The summed E-state index contributed by atoms with van der Waals surface area (Å²) in [5.74, 6) is -0.0931. The van der Waals surface area contributed by atoms with Crippen LogP contribution in [-0.2, 0) is 13.1 Å². The fourth-order valence-corrected chi connectivity index (χ4v) is 3.37. The van der Waals surface area contributed by atoms with Crippen LogP contribution in [-0.4, -0.2) is 20.9 Å². The molecule has 0 fully saturated rings. The third-order valence-electron chi connectivity index (χ3n) is 4.66. The van der Waals surface area contributed by atoms with Crippen molar-refractivity contribution >= 4 is 28.7 Å². The Labute approximate surface area is 172 Å². The molecule has 0 bridgehead atoms. The highest BCUT2D eigenvalue weighted by Crippen LogP contribution is 2.28. The quantitative estimate of drug-likeness (QED) is 0.501. The molecule has 29 heavy (non-hydrogen) atoms. The van der Waals surface area contributed by atoms with Gasteiger partial charge in [0.2, 0.25) is 0 Å². The molecule has 2 heterocycles. The van der Waals surface area contributed by atoms with Crippen LogP contribution in [0.25, 0.3) is 10.9 Å². The third kappa shape index (κ3) is 4.05. The predicted molar refractivity (Wildman–Crippen MR) is 116 cm³/mol. The van der Waals surface area contributed by atoms with Crippen LogP contribution >= 0.6 is 11.6 Å². The van der Waals surface area contributed by atoms with Gasteiger partial charge in [-0.25, -0.2) is 0 Å². The minimum atomic E-state index is -0.320. The van der Waals surface area contributed by atoms with Crippen LogP contribution in [0.15, 0.2) is 82.8 Å². The van der Waals surface area contributed by atoms with Crippen molar-refractivity contribution in [2.45, 2.75) is 13.1 Å². The van der Waals surface area contributed by atoms with Crippen LogP contribution in [0.2, 0.25) is 5.02 Å². The Morgan fingerprint density at radius 2 is 1.79 bits per heavy atom. The summed E-state index contributed by atoms with van der Waals surface area (Å²) in [7, 11) is 0. The van der Waals surface area contributed by atoms with Crippen LogP contribution in [0, 0.1) is 0 Å². The molecule has 0 saturated heterocycles. The molecule has 0 atom stereocenters. The van der Waals surface area contributed by atoms with E-state index in [1.807, 2.05) is 42.5 Å². The first-order valence-corrected chi connectivity index (χ1v) is 9.49. The largest absolute Gasteiger partial charge is 0.506 e. The Bertz CT molecular complexity index is 1240. The van der Waals surface area contributed by atoms with Gasteiger partial charge in [-0.15, -0.1) is 0 Å². The van der Waals surface area contributed by atoms with Gasteiger partial charge in [0, 0.05) is 29.0 Å². The number of aromatic nitrogens is 2. The molecule has 144 valence electrons. The topological polar surface area (TPSA) is 67.5 Å². The Kier molecular flexibility index (Phi) is 5.40. The van der Waals surface area contributed by atoms with E-state index < -0.39 is 0 Å². The molecule has 4 aromatic rings. The average molecular weight is 404 g/mol. The van der Waals surface area contributed by atoms with Crippen LogP contribution in [0.5, 0.6) is 5.75 Å². The monoisotopic (exact) mass is 403 g/mol. The van der Waals surface area contributed by atoms with Gasteiger partial charge in [-0.2, -0.15) is 0 Å². The van der Waals surface area contributed by atoms with Crippen LogP contribution < -0.4 is 5.56 Å². The summed E-state index contributed by atoms with van der Waals surface area (Å²) in [5.41, 5.74) is 2.36. The Hall–Kier alpha value is -3.44. The summed E-state index contributed by atoms with van der Waals surface area (Å²) in [6.45, 7) is 0.751. The zero-order chi connectivity index (χ0) is 20.2. The number of hydrogen-bond donors (Lipinski definition) is 1. The molecule has 0 unspecified atom stereocenters. The first kappa shape index (κ1) is 18.9. The van der Waals surface area contributed by atoms with E-state index in [4.69, 9.17) is 11.6 Å². The van der Waals surface area contributed by atoms with Gasteiger partial charge in [0.15, 0.2) is 0 Å². The lowest BCUT2D eigenvalue weighted by Gasteiger charge is -2.14. The van der Waals surface area contributed by atoms with Crippen LogP contribution in [0.3, 0.4) is 0 Å². The van der Waals surface area contributed by atoms with Crippen LogP contribution in [0.4, 0.5) is 0 Å². The second kappa shape index (κ2) is 8.29. The zero-order valence-corrected chi connectivity index (χ0v) is 16.3. The fourth-order valence-electron chi connectivity index (χ4n) is 3.20. The summed E-state index contributed by atoms with van der Waals surface area (Å²) in [6.07, 6.45) is 4.82. The molecule has 0 aliphatic rings. The molecule has 0 amide bonds. The summed E-state index contributed by atoms with van der Waals surface area (Å²) in [4.78, 5) is 21.6. The molecule has 6 heteroatoms. The van der Waals surface area contributed by atoms with E-state index in [0.717, 1.165) is 11.1 Å². The summed E-state index contributed by atoms with van der Waals surface area (Å²) in [5, 5.41) is 11.8. The molecular formula is C23H18ClN3O2. The minimum absolute atomic E-state index is 0.0931. The maximum absolute atomic E-state index is 13.2. The number of aliphatic imine (C=N–C) groups is 1. The van der Waals surface area contributed by atoms with Crippen molar-refractivity contribution in [2.24, 2.45) is 4.99 Å². The van der Waals surface area contributed by atoms with E-state index in [0.29, 0.717) is 29.0 Å². The van der Waals surface area contributed by atoms with E-state index in [1.165, 1.54) is 6.21 Å². The second-order valence-electron chi connectivity index (χ2n) is 6.63. The Balaban J connectivity index is 1.82. The van der Waals surface area contributed by atoms with Crippen molar-refractivity contribution in [1.82, 2.24) is 9.55 Å². The Morgan fingerprint density at radius 1 is 1.03 bits per heavy atom. The normalized spacial score (nSPS) is 11.3. The van der Waals surface area contributed by atoms with Gasteiger partial charge in [0.1, 0.15) is 11.3 Å². The highest BCUT2D eigenvalue weighted by molar-refractivity contribution is 6.31. The first-order valence-electron chi connectivity index (χ1n) is 9.11. The lowest BCUT2D eigenvalue weighted by Crippen LogP contribution is -2.25. The van der Waals surface area contributed by atoms with Gasteiger partial charge in [-0.3, -0.25) is 14.8 Å². The number of aromatic hydroxyl groups is 1. The van der Waals surface area contributed by atoms with Gasteiger partial charge in [-0.1, -0.05) is 41.9 Å². The van der Waals surface area contributed by atoms with Gasteiger partial charge in [-0.05, 0) is 41.5 Å². The highest BCUT2D eigenvalue weighted by atomic mass is 35.5. The van der Waals surface area contributed by atoms with Crippen molar-refractivity contribution in [3.63, 3.8) is 0 Å². The molecule has 1 N–H and O–H groups in total. The van der Waals surface area contributed by atoms with E-state index in [-0.39, 0.29) is 16.9 Å². The SMILES string of the molecule is O=c1c(C=NCc2ccncc2)c(O)c2ccc(Cl)cc2n1Cc1ccccc1. The number of halogens is 1. The molecule has 0 saturated carbocycles. The minimum Gasteiger partial charge on any atom is -0.506 e. The molecule has 0 radical (unpaired) electrons.